The Labute approximate surface area is 189 Å². The fourth-order valence-electron chi connectivity index (χ4n) is 4.17. The standard InChI is InChI=1S/C25H23F3N2O3/c1-16-20(21(31)18-10-6-3-7-11-18)24(25(26,27)28,29-22(32)19-12-13-19)23(33)30(16)15-14-17-8-4-2-5-9-17/h2-11,19H,12-15H2,1H3,(H,29,32)/t24-/m0/s1. The lowest BCUT2D eigenvalue weighted by molar-refractivity contribution is -0.193. The maximum atomic E-state index is 14.7. The van der Waals surface area contributed by atoms with Gasteiger partial charge in [-0.1, -0.05) is 60.7 Å². The SMILES string of the molecule is CC1=C(C(=O)c2ccccc2)[C@@](NC(=O)C2CC2)(C(F)(F)F)C(=O)N1CCc1ccccc1. The summed E-state index contributed by atoms with van der Waals surface area (Å²) in [5, 5.41) is 1.97. The molecule has 2 aliphatic rings. The number of carbonyl (C=O) groups is 3. The van der Waals surface area contributed by atoms with Gasteiger partial charge in [-0.15, -0.1) is 0 Å². The molecule has 1 N–H and O–H groups in total. The highest BCUT2D eigenvalue weighted by molar-refractivity contribution is 6.19. The number of Topliss-reactive ketones (excluding diaryl/α,β-unsaturated/α-hetero) is 1. The summed E-state index contributed by atoms with van der Waals surface area (Å²) in [7, 11) is 0. The summed E-state index contributed by atoms with van der Waals surface area (Å²) in [5.41, 5.74) is -3.41. The molecule has 0 unspecified atom stereocenters. The van der Waals surface area contributed by atoms with Crippen LogP contribution in [0.25, 0.3) is 0 Å². The normalized spacial score (nSPS) is 20.8. The largest absolute Gasteiger partial charge is 0.425 e. The lowest BCUT2D eigenvalue weighted by Gasteiger charge is -2.33. The van der Waals surface area contributed by atoms with Gasteiger partial charge in [0.1, 0.15) is 0 Å². The van der Waals surface area contributed by atoms with E-state index in [1.165, 1.54) is 31.2 Å². The topological polar surface area (TPSA) is 66.5 Å². The predicted octanol–water partition coefficient (Wildman–Crippen LogP) is 4.06. The average molecular weight is 456 g/mol. The maximum Gasteiger partial charge on any atom is 0.425 e. The molecule has 8 heteroatoms. The second-order valence-electron chi connectivity index (χ2n) is 8.36. The summed E-state index contributed by atoms with van der Waals surface area (Å²) in [6.07, 6.45) is -4.01. The van der Waals surface area contributed by atoms with E-state index in [9.17, 15) is 27.6 Å². The van der Waals surface area contributed by atoms with Gasteiger partial charge in [0.2, 0.25) is 11.4 Å². The van der Waals surface area contributed by atoms with Crippen LogP contribution in [0.2, 0.25) is 0 Å². The molecule has 2 aromatic carbocycles. The summed E-state index contributed by atoms with van der Waals surface area (Å²) in [6, 6.07) is 16.5. The van der Waals surface area contributed by atoms with Crippen molar-refractivity contribution < 1.29 is 27.6 Å². The number of amides is 2. The van der Waals surface area contributed by atoms with Gasteiger partial charge in [0.05, 0.1) is 5.57 Å². The highest BCUT2D eigenvalue weighted by Gasteiger charge is 2.70. The lowest BCUT2D eigenvalue weighted by atomic mass is 9.84. The Kier molecular flexibility index (Phi) is 5.86. The van der Waals surface area contributed by atoms with Crippen LogP contribution in [0.15, 0.2) is 71.9 Å². The number of benzene rings is 2. The third kappa shape index (κ3) is 4.05. The van der Waals surface area contributed by atoms with Crippen LogP contribution in [0.5, 0.6) is 0 Å². The molecule has 5 nitrogen and oxygen atoms in total. The predicted molar refractivity (Wildman–Crippen MR) is 115 cm³/mol. The number of allylic oxidation sites excluding steroid dienone is 1. The van der Waals surface area contributed by atoms with E-state index in [1.807, 2.05) is 23.5 Å². The van der Waals surface area contributed by atoms with E-state index in [-0.39, 0.29) is 17.8 Å². The van der Waals surface area contributed by atoms with E-state index in [1.54, 1.807) is 18.2 Å². The van der Waals surface area contributed by atoms with Gasteiger partial charge >= 0.3 is 6.18 Å². The maximum absolute atomic E-state index is 14.7. The minimum Gasteiger partial charge on any atom is -0.330 e. The van der Waals surface area contributed by atoms with Gasteiger partial charge < -0.3 is 10.2 Å². The molecule has 4 rings (SSSR count). The molecule has 2 aromatic rings. The first-order valence-corrected chi connectivity index (χ1v) is 10.7. The van der Waals surface area contributed by atoms with Crippen molar-refractivity contribution in [2.75, 3.05) is 6.54 Å². The summed E-state index contributed by atoms with van der Waals surface area (Å²) in [6.45, 7) is 1.27. The molecule has 0 aromatic heterocycles. The molecular weight excluding hydrogens is 433 g/mol. The van der Waals surface area contributed by atoms with Gasteiger partial charge in [0.15, 0.2) is 5.78 Å². The van der Waals surface area contributed by atoms with Crippen LogP contribution in [-0.2, 0) is 16.0 Å². The van der Waals surface area contributed by atoms with Crippen LogP contribution in [0, 0.1) is 5.92 Å². The Morgan fingerprint density at radius 2 is 1.61 bits per heavy atom. The van der Waals surface area contributed by atoms with E-state index in [2.05, 4.69) is 0 Å². The minimum atomic E-state index is -5.21. The van der Waals surface area contributed by atoms with Crippen LogP contribution < -0.4 is 5.32 Å². The number of carbonyl (C=O) groups excluding carboxylic acids is 3. The van der Waals surface area contributed by atoms with Crippen molar-refractivity contribution in [2.45, 2.75) is 37.9 Å². The smallest absolute Gasteiger partial charge is 0.330 e. The monoisotopic (exact) mass is 456 g/mol. The van der Waals surface area contributed by atoms with Gasteiger partial charge in [-0.25, -0.2) is 0 Å². The zero-order valence-corrected chi connectivity index (χ0v) is 18.0. The molecule has 1 aliphatic heterocycles. The highest BCUT2D eigenvalue weighted by Crippen LogP contribution is 2.46. The first-order valence-electron chi connectivity index (χ1n) is 10.7. The number of alkyl halides is 3. The van der Waals surface area contributed by atoms with Gasteiger partial charge in [-0.3, -0.25) is 14.4 Å². The molecule has 1 heterocycles. The van der Waals surface area contributed by atoms with E-state index in [4.69, 9.17) is 0 Å². The van der Waals surface area contributed by atoms with Crippen molar-refractivity contribution in [1.29, 1.82) is 0 Å². The van der Waals surface area contributed by atoms with Crippen LogP contribution in [0.4, 0.5) is 13.2 Å². The fraction of sp³-hybridized carbons (Fsp3) is 0.320. The zero-order chi connectivity index (χ0) is 23.8. The molecule has 1 saturated carbocycles. The second-order valence-corrected chi connectivity index (χ2v) is 8.36. The van der Waals surface area contributed by atoms with E-state index < -0.39 is 40.8 Å². The Balaban J connectivity index is 1.80. The van der Waals surface area contributed by atoms with Crippen molar-refractivity contribution in [3.05, 3.63) is 83.1 Å². The molecule has 2 amide bonds. The molecule has 1 atom stereocenters. The number of rotatable bonds is 7. The van der Waals surface area contributed by atoms with Gasteiger partial charge in [0.25, 0.3) is 5.91 Å². The summed E-state index contributed by atoms with van der Waals surface area (Å²) in [5.74, 6) is -3.73. The third-order valence-corrected chi connectivity index (χ3v) is 6.12. The second kappa shape index (κ2) is 8.50. The van der Waals surface area contributed by atoms with Crippen molar-refractivity contribution >= 4 is 17.6 Å². The van der Waals surface area contributed by atoms with E-state index in [0.29, 0.717) is 19.3 Å². The zero-order valence-electron chi connectivity index (χ0n) is 18.0. The van der Waals surface area contributed by atoms with Crippen LogP contribution in [0.1, 0.15) is 35.7 Å². The van der Waals surface area contributed by atoms with Gasteiger partial charge in [0, 0.05) is 23.7 Å². The number of hydrogen-bond donors (Lipinski definition) is 1. The molecular formula is C25H23F3N2O3. The molecule has 33 heavy (non-hydrogen) atoms. The number of hydrogen-bond acceptors (Lipinski definition) is 3. The van der Waals surface area contributed by atoms with Gasteiger partial charge in [-0.2, -0.15) is 13.2 Å². The number of halogens is 3. The third-order valence-electron chi connectivity index (χ3n) is 6.12. The summed E-state index contributed by atoms with van der Waals surface area (Å²) >= 11 is 0. The van der Waals surface area contributed by atoms with Crippen molar-refractivity contribution in [1.82, 2.24) is 10.2 Å². The van der Waals surface area contributed by atoms with Crippen molar-refractivity contribution in [3.8, 4) is 0 Å². The van der Waals surface area contributed by atoms with E-state index >= 15 is 0 Å². The quantitative estimate of drug-likeness (QED) is 0.640. The Bertz CT molecular complexity index is 1110. The van der Waals surface area contributed by atoms with E-state index in [0.717, 1.165) is 10.5 Å². The van der Waals surface area contributed by atoms with Gasteiger partial charge in [-0.05, 0) is 31.7 Å². The number of nitrogens with one attached hydrogen (secondary N) is 1. The molecule has 1 fully saturated rings. The molecule has 0 spiro atoms. The fourth-order valence-corrected chi connectivity index (χ4v) is 4.17. The van der Waals surface area contributed by atoms with Crippen molar-refractivity contribution in [3.63, 3.8) is 0 Å². The molecule has 1 aliphatic carbocycles. The number of nitrogens with zero attached hydrogens (tertiary/aromatic N) is 1. The summed E-state index contributed by atoms with van der Waals surface area (Å²) < 4.78 is 44.1. The minimum absolute atomic E-state index is 0.0128. The molecule has 0 bridgehead atoms. The first-order chi connectivity index (χ1) is 15.7. The molecule has 172 valence electrons. The highest BCUT2D eigenvalue weighted by atomic mass is 19.4. The molecule has 0 saturated heterocycles. The number of ketones is 1. The Morgan fingerprint density at radius 1 is 1.03 bits per heavy atom. The van der Waals surface area contributed by atoms with Crippen molar-refractivity contribution in [2.24, 2.45) is 5.92 Å². The average Bonchev–Trinajstić information content (AvgIpc) is 3.61. The first kappa shape index (κ1) is 22.8. The van der Waals surface area contributed by atoms with Crippen LogP contribution in [0.3, 0.4) is 0 Å². The summed E-state index contributed by atoms with van der Waals surface area (Å²) in [4.78, 5) is 40.3. The van der Waals surface area contributed by atoms with Crippen LogP contribution >= 0.6 is 0 Å². The van der Waals surface area contributed by atoms with Crippen LogP contribution in [-0.4, -0.2) is 40.8 Å². The Morgan fingerprint density at radius 3 is 2.15 bits per heavy atom. The Hall–Kier alpha value is -3.42. The lowest BCUT2D eigenvalue weighted by Crippen LogP contribution is -2.66. The molecule has 0 radical (unpaired) electrons.